The molecular weight excluding hydrogens is 194 g/mol. The van der Waals surface area contributed by atoms with E-state index in [1.807, 2.05) is 24.0 Å². The average molecular weight is 211 g/mol. The highest BCUT2D eigenvalue weighted by atomic mass is 16.4. The number of hydrogen-bond donors (Lipinski definition) is 2. The first kappa shape index (κ1) is 11.5. The molecule has 0 aromatic carbocycles. The van der Waals surface area contributed by atoms with Gasteiger partial charge in [0.1, 0.15) is 5.84 Å². The van der Waals surface area contributed by atoms with Gasteiger partial charge in [-0.2, -0.15) is 5.10 Å². The van der Waals surface area contributed by atoms with Crippen LogP contribution in [0.4, 0.5) is 0 Å². The minimum Gasteiger partial charge on any atom is -0.409 e. The van der Waals surface area contributed by atoms with Gasteiger partial charge in [-0.3, -0.25) is 4.68 Å². The largest absolute Gasteiger partial charge is 0.409 e. The van der Waals surface area contributed by atoms with Gasteiger partial charge in [-0.1, -0.05) is 5.16 Å². The minimum atomic E-state index is 0.265. The Morgan fingerprint density at radius 1 is 1.60 bits per heavy atom. The Labute approximate surface area is 89.0 Å². The van der Waals surface area contributed by atoms with Crippen LogP contribution in [0.15, 0.2) is 23.6 Å². The van der Waals surface area contributed by atoms with E-state index in [0.29, 0.717) is 6.42 Å². The number of likely N-dealkylation sites (N-methyl/N-ethyl adjacent to an activating group) is 1. The Kier molecular flexibility index (Phi) is 4.62. The van der Waals surface area contributed by atoms with Crippen LogP contribution >= 0.6 is 0 Å². The highest BCUT2D eigenvalue weighted by Crippen LogP contribution is 1.90. The molecule has 1 rings (SSSR count). The summed E-state index contributed by atoms with van der Waals surface area (Å²) in [5, 5.41) is 15.4. The smallest absolute Gasteiger partial charge is 0.140 e. The van der Waals surface area contributed by atoms with E-state index < -0.39 is 0 Å². The fraction of sp³-hybridized carbons (Fsp3) is 0.556. The van der Waals surface area contributed by atoms with Gasteiger partial charge in [-0.25, -0.2) is 0 Å². The van der Waals surface area contributed by atoms with Gasteiger partial charge < -0.3 is 15.8 Å². The molecule has 15 heavy (non-hydrogen) atoms. The molecule has 84 valence electrons. The monoisotopic (exact) mass is 211 g/mol. The van der Waals surface area contributed by atoms with Crippen molar-refractivity contribution >= 4 is 5.84 Å². The second-order valence-electron chi connectivity index (χ2n) is 3.41. The van der Waals surface area contributed by atoms with Crippen LogP contribution in [0, 0.1) is 0 Å². The molecular formula is C9H17N5O. The number of nitrogens with zero attached hydrogens (tertiary/aromatic N) is 4. The Morgan fingerprint density at radius 3 is 3.00 bits per heavy atom. The second kappa shape index (κ2) is 6.02. The van der Waals surface area contributed by atoms with Gasteiger partial charge in [0.2, 0.25) is 0 Å². The van der Waals surface area contributed by atoms with E-state index in [-0.39, 0.29) is 5.84 Å². The third kappa shape index (κ3) is 4.46. The molecule has 0 aliphatic heterocycles. The summed E-state index contributed by atoms with van der Waals surface area (Å²) in [7, 11) is 1.99. The van der Waals surface area contributed by atoms with E-state index in [9.17, 15) is 0 Å². The molecule has 1 heterocycles. The Morgan fingerprint density at radius 2 is 2.40 bits per heavy atom. The molecule has 0 saturated heterocycles. The zero-order valence-electron chi connectivity index (χ0n) is 8.87. The summed E-state index contributed by atoms with van der Waals surface area (Å²) in [5.74, 6) is 0.265. The van der Waals surface area contributed by atoms with Crippen molar-refractivity contribution in [1.29, 1.82) is 0 Å². The van der Waals surface area contributed by atoms with Crippen LogP contribution in [0.25, 0.3) is 0 Å². The summed E-state index contributed by atoms with van der Waals surface area (Å²) in [6.45, 7) is 2.51. The lowest BCUT2D eigenvalue weighted by Gasteiger charge is -2.15. The zero-order chi connectivity index (χ0) is 11.1. The molecule has 0 atom stereocenters. The van der Waals surface area contributed by atoms with Gasteiger partial charge in [0, 0.05) is 31.9 Å². The van der Waals surface area contributed by atoms with Crippen LogP contribution in [-0.2, 0) is 6.54 Å². The van der Waals surface area contributed by atoms with Crippen LogP contribution in [-0.4, -0.2) is 45.9 Å². The zero-order valence-corrected chi connectivity index (χ0v) is 8.87. The quantitative estimate of drug-likeness (QED) is 0.299. The van der Waals surface area contributed by atoms with Crippen LogP contribution in [0.2, 0.25) is 0 Å². The summed E-state index contributed by atoms with van der Waals surface area (Å²) in [5.41, 5.74) is 5.37. The van der Waals surface area contributed by atoms with Crippen molar-refractivity contribution in [2.45, 2.75) is 13.0 Å². The van der Waals surface area contributed by atoms with Gasteiger partial charge in [0.15, 0.2) is 0 Å². The maximum absolute atomic E-state index is 8.36. The van der Waals surface area contributed by atoms with E-state index in [0.717, 1.165) is 19.6 Å². The van der Waals surface area contributed by atoms with Crippen molar-refractivity contribution in [3.8, 4) is 0 Å². The maximum atomic E-state index is 8.36. The van der Waals surface area contributed by atoms with Gasteiger partial charge in [0.25, 0.3) is 0 Å². The highest BCUT2D eigenvalue weighted by Gasteiger charge is 2.00. The first-order chi connectivity index (χ1) is 7.22. The van der Waals surface area contributed by atoms with Crippen LogP contribution in [0.3, 0.4) is 0 Å². The first-order valence-corrected chi connectivity index (χ1v) is 4.84. The van der Waals surface area contributed by atoms with Crippen molar-refractivity contribution in [1.82, 2.24) is 14.7 Å². The van der Waals surface area contributed by atoms with E-state index in [4.69, 9.17) is 10.9 Å². The van der Waals surface area contributed by atoms with Crippen molar-refractivity contribution in [2.24, 2.45) is 10.9 Å². The molecule has 6 heteroatoms. The molecule has 0 saturated carbocycles. The van der Waals surface area contributed by atoms with Crippen molar-refractivity contribution in [2.75, 3.05) is 20.1 Å². The molecule has 0 aliphatic carbocycles. The van der Waals surface area contributed by atoms with Gasteiger partial charge in [0.05, 0.1) is 6.54 Å². The second-order valence-corrected chi connectivity index (χ2v) is 3.41. The van der Waals surface area contributed by atoms with Crippen molar-refractivity contribution in [3.63, 3.8) is 0 Å². The normalized spacial score (nSPS) is 12.3. The van der Waals surface area contributed by atoms with Crippen molar-refractivity contribution in [3.05, 3.63) is 18.5 Å². The fourth-order valence-electron chi connectivity index (χ4n) is 1.17. The van der Waals surface area contributed by atoms with Gasteiger partial charge in [-0.05, 0) is 13.1 Å². The maximum Gasteiger partial charge on any atom is 0.140 e. The molecule has 0 amide bonds. The predicted octanol–water partition coefficient (Wildman–Crippen LogP) is -0.0486. The number of hydrogen-bond acceptors (Lipinski definition) is 4. The molecule has 1 aromatic heterocycles. The third-order valence-electron chi connectivity index (χ3n) is 2.15. The van der Waals surface area contributed by atoms with Crippen LogP contribution < -0.4 is 5.73 Å². The lowest BCUT2D eigenvalue weighted by Crippen LogP contribution is -2.27. The molecule has 0 radical (unpaired) electrons. The summed E-state index contributed by atoms with van der Waals surface area (Å²) in [6, 6.07) is 1.90. The van der Waals surface area contributed by atoms with Gasteiger partial charge >= 0.3 is 0 Å². The molecule has 0 aliphatic rings. The number of oxime groups is 1. The molecule has 6 nitrogen and oxygen atoms in total. The fourth-order valence-corrected chi connectivity index (χ4v) is 1.17. The first-order valence-electron chi connectivity index (χ1n) is 4.84. The predicted molar refractivity (Wildman–Crippen MR) is 57.7 cm³/mol. The Hall–Kier alpha value is -1.56. The summed E-state index contributed by atoms with van der Waals surface area (Å²) >= 11 is 0. The molecule has 0 bridgehead atoms. The number of aromatic nitrogens is 2. The molecule has 0 fully saturated rings. The SMILES string of the molecule is CN(CC/C(N)=N/O)CCn1cccn1. The summed E-state index contributed by atoms with van der Waals surface area (Å²) < 4.78 is 1.87. The molecule has 0 spiro atoms. The van der Waals surface area contributed by atoms with Crippen molar-refractivity contribution < 1.29 is 5.21 Å². The van der Waals surface area contributed by atoms with Crippen LogP contribution in [0.1, 0.15) is 6.42 Å². The lowest BCUT2D eigenvalue weighted by atomic mass is 10.3. The molecule has 0 unspecified atom stereocenters. The topological polar surface area (TPSA) is 79.7 Å². The van der Waals surface area contributed by atoms with E-state index in [1.165, 1.54) is 0 Å². The standard InChI is InChI=1S/C9H17N5O/c1-13(6-3-9(10)12-15)7-8-14-5-2-4-11-14/h2,4-5,15H,3,6-8H2,1H3,(H2,10,12). The number of nitrogens with two attached hydrogens (primary N) is 1. The summed E-state index contributed by atoms with van der Waals surface area (Å²) in [6.07, 6.45) is 4.26. The average Bonchev–Trinajstić information content (AvgIpc) is 2.75. The highest BCUT2D eigenvalue weighted by molar-refractivity contribution is 5.79. The number of rotatable bonds is 6. The Bertz CT molecular complexity index is 295. The lowest BCUT2D eigenvalue weighted by molar-refractivity contribution is 0.305. The molecule has 1 aromatic rings. The minimum absolute atomic E-state index is 0.265. The third-order valence-corrected chi connectivity index (χ3v) is 2.15. The van der Waals surface area contributed by atoms with E-state index in [2.05, 4.69) is 15.2 Å². The van der Waals surface area contributed by atoms with E-state index in [1.54, 1.807) is 6.20 Å². The van der Waals surface area contributed by atoms with Crippen LogP contribution in [0.5, 0.6) is 0 Å². The number of amidine groups is 1. The molecule has 3 N–H and O–H groups in total. The Balaban J connectivity index is 2.16. The summed E-state index contributed by atoms with van der Waals surface area (Å²) in [4.78, 5) is 2.11. The van der Waals surface area contributed by atoms with E-state index >= 15 is 0 Å². The van der Waals surface area contributed by atoms with Gasteiger partial charge in [-0.15, -0.1) is 0 Å².